The minimum Gasteiger partial charge on any atom is -0.490 e. The molecule has 1 saturated carbocycles. The standard InChI is InChI=1S/C24H28N2O3/c27-23-11-6-16-26(23)17-22(18-7-2-1-3-8-18)25-24(28)19-12-14-21(15-13-19)29-20-9-4-5-10-20/h1-3,7-8,12-15,20,22H,4-6,9-11,16-17H2,(H,25,28)/t22-/m1/s1. The molecule has 1 saturated heterocycles. The van der Waals surface area contributed by atoms with Gasteiger partial charge in [0.2, 0.25) is 5.91 Å². The van der Waals surface area contributed by atoms with Gasteiger partial charge in [-0.25, -0.2) is 0 Å². The summed E-state index contributed by atoms with van der Waals surface area (Å²) >= 11 is 0. The van der Waals surface area contributed by atoms with E-state index in [4.69, 9.17) is 4.74 Å². The van der Waals surface area contributed by atoms with Crippen molar-refractivity contribution in [3.05, 3.63) is 65.7 Å². The van der Waals surface area contributed by atoms with E-state index in [-0.39, 0.29) is 17.9 Å². The van der Waals surface area contributed by atoms with E-state index in [2.05, 4.69) is 5.32 Å². The van der Waals surface area contributed by atoms with Crippen LogP contribution in [0.4, 0.5) is 0 Å². The van der Waals surface area contributed by atoms with Crippen LogP contribution in [0.15, 0.2) is 54.6 Å². The number of rotatable bonds is 7. The normalized spacial score (nSPS) is 18.1. The maximum absolute atomic E-state index is 12.9. The van der Waals surface area contributed by atoms with Gasteiger partial charge in [-0.15, -0.1) is 0 Å². The van der Waals surface area contributed by atoms with Gasteiger partial charge in [0, 0.05) is 25.1 Å². The second kappa shape index (κ2) is 9.12. The van der Waals surface area contributed by atoms with E-state index in [0.717, 1.165) is 37.1 Å². The minimum atomic E-state index is -0.236. The molecule has 5 nitrogen and oxygen atoms in total. The van der Waals surface area contributed by atoms with Gasteiger partial charge in [-0.1, -0.05) is 30.3 Å². The van der Waals surface area contributed by atoms with Gasteiger partial charge in [-0.2, -0.15) is 0 Å². The van der Waals surface area contributed by atoms with E-state index in [1.807, 2.05) is 59.5 Å². The number of amides is 2. The van der Waals surface area contributed by atoms with Crippen LogP contribution in [0.3, 0.4) is 0 Å². The number of benzene rings is 2. The zero-order valence-electron chi connectivity index (χ0n) is 16.7. The van der Waals surface area contributed by atoms with Crippen molar-refractivity contribution in [3.63, 3.8) is 0 Å². The summed E-state index contributed by atoms with van der Waals surface area (Å²) in [6, 6.07) is 17.0. The number of carbonyl (C=O) groups is 2. The molecule has 152 valence electrons. The number of carbonyl (C=O) groups excluding carboxylic acids is 2. The number of hydrogen-bond acceptors (Lipinski definition) is 3. The molecule has 2 amide bonds. The minimum absolute atomic E-state index is 0.141. The van der Waals surface area contributed by atoms with Gasteiger partial charge < -0.3 is 15.0 Å². The molecule has 1 aliphatic carbocycles. The van der Waals surface area contributed by atoms with Crippen LogP contribution >= 0.6 is 0 Å². The zero-order valence-corrected chi connectivity index (χ0v) is 16.7. The average molecular weight is 392 g/mol. The lowest BCUT2D eigenvalue weighted by Gasteiger charge is -2.25. The Morgan fingerprint density at radius 1 is 1.03 bits per heavy atom. The number of likely N-dealkylation sites (tertiary alicyclic amines) is 1. The third-order valence-electron chi connectivity index (χ3n) is 5.80. The fourth-order valence-electron chi connectivity index (χ4n) is 4.16. The third-order valence-corrected chi connectivity index (χ3v) is 5.80. The first-order chi connectivity index (χ1) is 14.2. The number of nitrogens with one attached hydrogen (secondary N) is 1. The van der Waals surface area contributed by atoms with Crippen molar-refractivity contribution in [3.8, 4) is 5.75 Å². The van der Waals surface area contributed by atoms with Crippen molar-refractivity contribution in [1.29, 1.82) is 0 Å². The molecule has 1 aliphatic heterocycles. The summed E-state index contributed by atoms with van der Waals surface area (Å²) in [5.41, 5.74) is 1.60. The molecule has 2 aromatic carbocycles. The smallest absolute Gasteiger partial charge is 0.251 e. The predicted molar refractivity (Wildman–Crippen MR) is 112 cm³/mol. The largest absolute Gasteiger partial charge is 0.490 e. The monoisotopic (exact) mass is 392 g/mol. The van der Waals surface area contributed by atoms with Crippen LogP contribution in [0.25, 0.3) is 0 Å². The summed E-state index contributed by atoms with van der Waals surface area (Å²) in [6.07, 6.45) is 6.45. The van der Waals surface area contributed by atoms with Crippen LogP contribution in [0, 0.1) is 0 Å². The molecule has 1 N–H and O–H groups in total. The lowest BCUT2D eigenvalue weighted by Crippen LogP contribution is -2.38. The fraction of sp³-hybridized carbons (Fsp3) is 0.417. The molecule has 0 radical (unpaired) electrons. The molecule has 0 unspecified atom stereocenters. The van der Waals surface area contributed by atoms with Gasteiger partial charge in [-0.3, -0.25) is 9.59 Å². The lowest BCUT2D eigenvalue weighted by atomic mass is 10.1. The first kappa shape index (κ1) is 19.5. The van der Waals surface area contributed by atoms with E-state index in [1.54, 1.807) is 0 Å². The topological polar surface area (TPSA) is 58.6 Å². The third kappa shape index (κ3) is 4.97. The Labute approximate surface area is 172 Å². The summed E-state index contributed by atoms with van der Waals surface area (Å²) in [6.45, 7) is 1.25. The van der Waals surface area contributed by atoms with Gasteiger partial charge in [0.05, 0.1) is 12.1 Å². The fourth-order valence-corrected chi connectivity index (χ4v) is 4.16. The summed E-state index contributed by atoms with van der Waals surface area (Å²) < 4.78 is 5.99. The van der Waals surface area contributed by atoms with E-state index in [1.165, 1.54) is 12.8 Å². The van der Waals surface area contributed by atoms with Crippen LogP contribution in [-0.2, 0) is 4.79 Å². The highest BCUT2D eigenvalue weighted by atomic mass is 16.5. The van der Waals surface area contributed by atoms with Crippen LogP contribution in [0.2, 0.25) is 0 Å². The Bertz CT molecular complexity index is 829. The van der Waals surface area contributed by atoms with E-state index in [0.29, 0.717) is 24.6 Å². The van der Waals surface area contributed by atoms with Gasteiger partial charge in [0.1, 0.15) is 5.75 Å². The Morgan fingerprint density at radius 3 is 2.41 bits per heavy atom. The Morgan fingerprint density at radius 2 is 1.76 bits per heavy atom. The molecule has 4 rings (SSSR count). The van der Waals surface area contributed by atoms with Gasteiger partial charge >= 0.3 is 0 Å². The van der Waals surface area contributed by atoms with Gasteiger partial charge in [0.25, 0.3) is 5.91 Å². The molecule has 0 bridgehead atoms. The molecule has 2 fully saturated rings. The van der Waals surface area contributed by atoms with Crippen molar-refractivity contribution in [1.82, 2.24) is 10.2 Å². The van der Waals surface area contributed by atoms with Crippen molar-refractivity contribution < 1.29 is 14.3 Å². The van der Waals surface area contributed by atoms with Crippen molar-refractivity contribution in [2.45, 2.75) is 50.7 Å². The summed E-state index contributed by atoms with van der Waals surface area (Å²) in [7, 11) is 0. The molecular formula is C24H28N2O3. The highest BCUT2D eigenvalue weighted by Gasteiger charge is 2.25. The Hall–Kier alpha value is -2.82. The average Bonchev–Trinajstić information content (AvgIpc) is 3.40. The predicted octanol–water partition coefficient (Wildman–Crippen LogP) is 4.10. The van der Waals surface area contributed by atoms with Gasteiger partial charge in [-0.05, 0) is 61.9 Å². The first-order valence-corrected chi connectivity index (χ1v) is 10.6. The van der Waals surface area contributed by atoms with Crippen LogP contribution in [0.1, 0.15) is 60.5 Å². The van der Waals surface area contributed by atoms with Crippen LogP contribution in [-0.4, -0.2) is 35.9 Å². The SMILES string of the molecule is O=C(N[C@H](CN1CCCC1=O)c1ccccc1)c1ccc(OC2CCCC2)cc1. The molecular weight excluding hydrogens is 364 g/mol. The van der Waals surface area contributed by atoms with Gasteiger partial charge in [0.15, 0.2) is 0 Å². The summed E-state index contributed by atoms with van der Waals surface area (Å²) in [4.78, 5) is 26.8. The Kier molecular flexibility index (Phi) is 6.13. The molecule has 1 heterocycles. The second-order valence-electron chi connectivity index (χ2n) is 7.93. The molecule has 0 spiro atoms. The molecule has 0 aromatic heterocycles. The maximum Gasteiger partial charge on any atom is 0.251 e. The number of ether oxygens (including phenoxy) is 1. The number of hydrogen-bond donors (Lipinski definition) is 1. The summed E-state index contributed by atoms with van der Waals surface area (Å²) in [5.74, 6) is 0.835. The molecule has 2 aromatic rings. The molecule has 1 atom stereocenters. The van der Waals surface area contributed by atoms with Crippen molar-refractivity contribution in [2.75, 3.05) is 13.1 Å². The first-order valence-electron chi connectivity index (χ1n) is 10.6. The summed E-state index contributed by atoms with van der Waals surface area (Å²) in [5, 5.41) is 3.12. The van der Waals surface area contributed by atoms with Crippen molar-refractivity contribution >= 4 is 11.8 Å². The second-order valence-corrected chi connectivity index (χ2v) is 7.93. The number of nitrogens with zero attached hydrogens (tertiary/aromatic N) is 1. The zero-order chi connectivity index (χ0) is 20.1. The molecule has 29 heavy (non-hydrogen) atoms. The van der Waals surface area contributed by atoms with E-state index >= 15 is 0 Å². The quantitative estimate of drug-likeness (QED) is 0.772. The van der Waals surface area contributed by atoms with Crippen LogP contribution in [0.5, 0.6) is 5.75 Å². The van der Waals surface area contributed by atoms with Crippen LogP contribution < -0.4 is 10.1 Å². The maximum atomic E-state index is 12.9. The molecule has 2 aliphatic rings. The highest BCUT2D eigenvalue weighted by molar-refractivity contribution is 5.94. The van der Waals surface area contributed by atoms with E-state index in [9.17, 15) is 9.59 Å². The van der Waals surface area contributed by atoms with Crippen molar-refractivity contribution in [2.24, 2.45) is 0 Å². The lowest BCUT2D eigenvalue weighted by molar-refractivity contribution is -0.128. The highest BCUT2D eigenvalue weighted by Crippen LogP contribution is 2.24. The van der Waals surface area contributed by atoms with E-state index < -0.39 is 0 Å². The molecule has 5 heteroatoms. The Balaban J connectivity index is 1.43.